The van der Waals surface area contributed by atoms with Gasteiger partial charge in [-0.2, -0.15) is 0 Å². The second-order valence-electron chi connectivity index (χ2n) is 6.16. The molecular weight excluding hydrogens is 414 g/mol. The quantitative estimate of drug-likeness (QED) is 0.228. The van der Waals surface area contributed by atoms with Crippen LogP contribution in [0.25, 0.3) is 6.08 Å². The lowest BCUT2D eigenvalue weighted by Gasteiger charge is -2.10. The van der Waals surface area contributed by atoms with Crippen molar-refractivity contribution in [1.29, 1.82) is 0 Å². The van der Waals surface area contributed by atoms with Crippen molar-refractivity contribution in [2.45, 2.75) is 6.54 Å². The van der Waals surface area contributed by atoms with Crippen LogP contribution in [0.1, 0.15) is 21.9 Å². The number of amides is 3. The Labute approximate surface area is 175 Å². The predicted octanol–water partition coefficient (Wildman–Crippen LogP) is 2.08. The van der Waals surface area contributed by atoms with Gasteiger partial charge in [0.05, 0.1) is 44.4 Å². The fourth-order valence-electron chi connectivity index (χ4n) is 2.86. The Morgan fingerprint density at radius 1 is 1.19 bits per heavy atom. The van der Waals surface area contributed by atoms with Crippen molar-refractivity contribution in [2.75, 3.05) is 21.3 Å². The molecule has 0 unspecified atom stereocenters. The number of urea groups is 1. The van der Waals surface area contributed by atoms with Gasteiger partial charge in [0.15, 0.2) is 11.5 Å². The monoisotopic (exact) mass is 431 g/mol. The lowest BCUT2D eigenvalue weighted by Crippen LogP contribution is -2.30. The Morgan fingerprint density at radius 3 is 2.48 bits per heavy atom. The molecule has 1 aliphatic rings. The van der Waals surface area contributed by atoms with E-state index >= 15 is 0 Å². The van der Waals surface area contributed by atoms with Crippen LogP contribution in [0.5, 0.6) is 11.5 Å². The molecule has 1 aliphatic heterocycles. The Morgan fingerprint density at radius 2 is 1.87 bits per heavy atom. The molecule has 3 amide bonds. The van der Waals surface area contributed by atoms with Gasteiger partial charge >= 0.3 is 12.0 Å². The SMILES string of the molecule is COC(=O)c1ccc(CN2C(=O)N/C(=C\c3cc(OC)c(OC)cc3[N+](=O)[O-])C2=O)o1. The van der Waals surface area contributed by atoms with E-state index < -0.39 is 22.8 Å². The number of nitro groups is 1. The fraction of sp³-hybridized carbons (Fsp3) is 0.211. The number of esters is 1. The van der Waals surface area contributed by atoms with Gasteiger partial charge in [-0.05, 0) is 24.3 Å². The first-order valence-electron chi connectivity index (χ1n) is 8.71. The van der Waals surface area contributed by atoms with Gasteiger partial charge in [0, 0.05) is 0 Å². The van der Waals surface area contributed by atoms with Crippen LogP contribution >= 0.6 is 0 Å². The van der Waals surface area contributed by atoms with Crippen LogP contribution < -0.4 is 14.8 Å². The lowest BCUT2D eigenvalue weighted by molar-refractivity contribution is -0.385. The standard InChI is InChI=1S/C19H17N3O9/c1-28-15-7-10(13(22(26)27)8-16(15)29-2)6-12-17(23)21(19(25)20-12)9-11-4-5-14(31-11)18(24)30-3/h4-8H,9H2,1-3H3,(H,20,25)/b12-6-. The zero-order chi connectivity index (χ0) is 22.7. The van der Waals surface area contributed by atoms with Crippen LogP contribution in [-0.4, -0.2) is 49.1 Å². The van der Waals surface area contributed by atoms with Crippen molar-refractivity contribution in [3.63, 3.8) is 0 Å². The van der Waals surface area contributed by atoms with E-state index in [1.807, 2.05) is 0 Å². The number of rotatable bonds is 7. The lowest BCUT2D eigenvalue weighted by atomic mass is 10.1. The zero-order valence-electron chi connectivity index (χ0n) is 16.7. The first-order chi connectivity index (χ1) is 14.8. The summed E-state index contributed by atoms with van der Waals surface area (Å²) in [4.78, 5) is 48.1. The van der Waals surface area contributed by atoms with Gasteiger partial charge in [-0.1, -0.05) is 0 Å². The van der Waals surface area contributed by atoms with Crippen molar-refractivity contribution < 1.29 is 37.9 Å². The number of hydrogen-bond acceptors (Lipinski definition) is 9. The number of nitrogens with one attached hydrogen (secondary N) is 1. The third-order valence-electron chi connectivity index (χ3n) is 4.35. The van der Waals surface area contributed by atoms with E-state index in [1.54, 1.807) is 0 Å². The second kappa shape index (κ2) is 8.57. The summed E-state index contributed by atoms with van der Waals surface area (Å²) in [5.74, 6) is -1.00. The first-order valence-corrected chi connectivity index (χ1v) is 8.71. The molecule has 1 aromatic carbocycles. The van der Waals surface area contributed by atoms with E-state index in [0.29, 0.717) is 0 Å². The van der Waals surface area contributed by atoms with Gasteiger partial charge in [-0.25, -0.2) is 9.59 Å². The highest BCUT2D eigenvalue weighted by Crippen LogP contribution is 2.35. The number of imide groups is 1. The van der Waals surface area contributed by atoms with E-state index in [1.165, 1.54) is 45.6 Å². The molecule has 2 aromatic rings. The van der Waals surface area contributed by atoms with Crippen molar-refractivity contribution in [3.05, 3.63) is 57.2 Å². The number of carbonyl (C=O) groups excluding carboxylic acids is 3. The van der Waals surface area contributed by atoms with E-state index in [4.69, 9.17) is 13.9 Å². The summed E-state index contributed by atoms with van der Waals surface area (Å²) in [6.07, 6.45) is 1.17. The minimum Gasteiger partial charge on any atom is -0.493 e. The molecule has 1 fully saturated rings. The van der Waals surface area contributed by atoms with Gasteiger partial charge in [0.2, 0.25) is 5.76 Å². The van der Waals surface area contributed by atoms with Crippen LogP contribution in [0.2, 0.25) is 0 Å². The van der Waals surface area contributed by atoms with Gasteiger partial charge in [0.25, 0.3) is 11.6 Å². The largest absolute Gasteiger partial charge is 0.493 e. The molecule has 12 heteroatoms. The van der Waals surface area contributed by atoms with E-state index in [0.717, 1.165) is 11.0 Å². The molecule has 0 saturated carbocycles. The molecular formula is C19H17N3O9. The minimum absolute atomic E-state index is 0.0270. The van der Waals surface area contributed by atoms with Gasteiger partial charge in [-0.15, -0.1) is 0 Å². The summed E-state index contributed by atoms with van der Waals surface area (Å²) in [7, 11) is 3.88. The number of carbonyl (C=O) groups is 3. The van der Waals surface area contributed by atoms with Gasteiger partial charge in [0.1, 0.15) is 11.5 Å². The Bertz CT molecular complexity index is 1100. The first kappa shape index (κ1) is 21.4. The Hall–Kier alpha value is -4.35. The number of benzene rings is 1. The highest BCUT2D eigenvalue weighted by Gasteiger charge is 2.35. The zero-order valence-corrected chi connectivity index (χ0v) is 16.7. The fourth-order valence-corrected chi connectivity index (χ4v) is 2.86. The predicted molar refractivity (Wildman–Crippen MR) is 103 cm³/mol. The number of nitrogens with zero attached hydrogens (tertiary/aromatic N) is 2. The van der Waals surface area contributed by atoms with Gasteiger partial charge < -0.3 is 23.9 Å². The molecule has 0 atom stereocenters. The maximum absolute atomic E-state index is 12.7. The molecule has 31 heavy (non-hydrogen) atoms. The minimum atomic E-state index is -0.754. The maximum atomic E-state index is 12.7. The molecule has 0 aliphatic carbocycles. The molecule has 1 aromatic heterocycles. The molecule has 0 bridgehead atoms. The van der Waals surface area contributed by atoms with Crippen LogP contribution in [0.4, 0.5) is 10.5 Å². The van der Waals surface area contributed by atoms with Crippen molar-refractivity contribution in [2.24, 2.45) is 0 Å². The molecule has 12 nitrogen and oxygen atoms in total. The number of nitro benzene ring substituents is 1. The van der Waals surface area contributed by atoms with Crippen LogP contribution in [-0.2, 0) is 16.1 Å². The summed E-state index contributed by atoms with van der Waals surface area (Å²) in [5.41, 5.74) is -0.501. The molecule has 1 saturated heterocycles. The summed E-state index contributed by atoms with van der Waals surface area (Å²) in [5, 5.41) is 13.8. The highest BCUT2D eigenvalue weighted by molar-refractivity contribution is 6.14. The van der Waals surface area contributed by atoms with Crippen LogP contribution in [0.3, 0.4) is 0 Å². The third kappa shape index (κ3) is 4.17. The second-order valence-corrected chi connectivity index (χ2v) is 6.16. The van der Waals surface area contributed by atoms with E-state index in [2.05, 4.69) is 10.1 Å². The number of ether oxygens (including phenoxy) is 3. The topological polar surface area (TPSA) is 150 Å². The Kier molecular flexibility index (Phi) is 5.90. The number of hydrogen-bond donors (Lipinski definition) is 1. The van der Waals surface area contributed by atoms with Crippen LogP contribution in [0.15, 0.2) is 34.4 Å². The van der Waals surface area contributed by atoms with Crippen LogP contribution in [0, 0.1) is 10.1 Å². The molecule has 3 rings (SSSR count). The van der Waals surface area contributed by atoms with Crippen molar-refractivity contribution in [3.8, 4) is 11.5 Å². The molecule has 1 N–H and O–H groups in total. The summed E-state index contributed by atoms with van der Waals surface area (Å²) < 4.78 is 20.0. The van der Waals surface area contributed by atoms with E-state index in [-0.39, 0.29) is 46.5 Å². The molecule has 2 heterocycles. The maximum Gasteiger partial charge on any atom is 0.373 e. The third-order valence-corrected chi connectivity index (χ3v) is 4.35. The summed E-state index contributed by atoms with van der Waals surface area (Å²) >= 11 is 0. The number of methoxy groups -OCH3 is 3. The Balaban J connectivity index is 1.90. The normalized spacial score (nSPS) is 14.5. The highest BCUT2D eigenvalue weighted by atomic mass is 16.6. The summed E-state index contributed by atoms with van der Waals surface area (Å²) in [6.45, 7) is -0.257. The van der Waals surface area contributed by atoms with Gasteiger partial charge in [-0.3, -0.25) is 19.8 Å². The average Bonchev–Trinajstić information content (AvgIpc) is 3.33. The molecule has 0 radical (unpaired) electrons. The average molecular weight is 431 g/mol. The van der Waals surface area contributed by atoms with E-state index in [9.17, 15) is 24.5 Å². The van der Waals surface area contributed by atoms with Crippen molar-refractivity contribution >= 4 is 29.7 Å². The van der Waals surface area contributed by atoms with Crippen molar-refractivity contribution in [1.82, 2.24) is 10.2 Å². The summed E-state index contributed by atoms with van der Waals surface area (Å²) in [6, 6.07) is 4.50. The number of furan rings is 1. The molecule has 0 spiro atoms. The molecule has 162 valence electrons. The smallest absolute Gasteiger partial charge is 0.373 e.